The molecule has 3 N–H and O–H groups in total. The highest BCUT2D eigenvalue weighted by atomic mass is 79.9. The third kappa shape index (κ3) is 4.42. The van der Waals surface area contributed by atoms with Gasteiger partial charge in [0.25, 0.3) is 0 Å². The van der Waals surface area contributed by atoms with E-state index in [1.165, 1.54) is 18.2 Å². The van der Waals surface area contributed by atoms with E-state index >= 15 is 0 Å². The Hall–Kier alpha value is -1.47. The fourth-order valence-corrected chi connectivity index (χ4v) is 1.49. The standard InChI is InChI=1S/C11H12BrFN2O3/c12-7-2-3-8(13)9(6-7)15-11(18)10(17)14-4-1-5-16/h2-3,6,16H,1,4-5H2,(H,14,17)(H,15,18). The number of amides is 2. The summed E-state index contributed by atoms with van der Waals surface area (Å²) in [5, 5.41) is 13.0. The van der Waals surface area contributed by atoms with Gasteiger partial charge in [-0.05, 0) is 24.6 Å². The predicted octanol–water partition coefficient (Wildman–Crippen LogP) is 1.03. The number of carbonyl (C=O) groups is 2. The molecule has 0 saturated heterocycles. The summed E-state index contributed by atoms with van der Waals surface area (Å²) in [6.07, 6.45) is 0.351. The van der Waals surface area contributed by atoms with Crippen LogP contribution in [0.3, 0.4) is 0 Å². The summed E-state index contributed by atoms with van der Waals surface area (Å²) in [4.78, 5) is 22.7. The minimum Gasteiger partial charge on any atom is -0.396 e. The molecule has 1 aromatic rings. The molecule has 0 saturated carbocycles. The van der Waals surface area contributed by atoms with Gasteiger partial charge in [0.05, 0.1) is 5.69 Å². The van der Waals surface area contributed by atoms with Gasteiger partial charge in [0, 0.05) is 17.6 Å². The van der Waals surface area contributed by atoms with E-state index < -0.39 is 17.6 Å². The smallest absolute Gasteiger partial charge is 0.313 e. The summed E-state index contributed by atoms with van der Waals surface area (Å²) >= 11 is 3.13. The van der Waals surface area contributed by atoms with Gasteiger partial charge >= 0.3 is 11.8 Å². The van der Waals surface area contributed by atoms with Gasteiger partial charge in [-0.1, -0.05) is 15.9 Å². The molecule has 2 amide bonds. The number of halogens is 2. The zero-order valence-corrected chi connectivity index (χ0v) is 11.0. The number of hydrogen-bond acceptors (Lipinski definition) is 3. The van der Waals surface area contributed by atoms with Gasteiger partial charge in [0.15, 0.2) is 0 Å². The second kappa shape index (κ2) is 7.07. The molecule has 0 fully saturated rings. The van der Waals surface area contributed by atoms with E-state index in [9.17, 15) is 14.0 Å². The van der Waals surface area contributed by atoms with Crippen molar-refractivity contribution in [2.24, 2.45) is 0 Å². The van der Waals surface area contributed by atoms with E-state index in [0.29, 0.717) is 10.9 Å². The Bertz CT molecular complexity index is 454. The average molecular weight is 319 g/mol. The minimum absolute atomic E-state index is 0.0771. The first-order valence-electron chi connectivity index (χ1n) is 5.19. The van der Waals surface area contributed by atoms with Crippen LogP contribution in [-0.2, 0) is 9.59 Å². The number of benzene rings is 1. The molecule has 18 heavy (non-hydrogen) atoms. The van der Waals surface area contributed by atoms with E-state index in [2.05, 4.69) is 26.6 Å². The number of anilines is 1. The van der Waals surface area contributed by atoms with Crippen LogP contribution in [-0.4, -0.2) is 30.1 Å². The lowest BCUT2D eigenvalue weighted by Gasteiger charge is -2.07. The van der Waals surface area contributed by atoms with Gasteiger partial charge in [0.2, 0.25) is 0 Å². The monoisotopic (exact) mass is 318 g/mol. The molecule has 0 aromatic heterocycles. The molecule has 0 atom stereocenters. The summed E-state index contributed by atoms with van der Waals surface area (Å²) in [6.45, 7) is 0.103. The summed E-state index contributed by atoms with van der Waals surface area (Å²) in [6, 6.07) is 4.00. The maximum atomic E-state index is 13.3. The van der Waals surface area contributed by atoms with Gasteiger partial charge in [-0.15, -0.1) is 0 Å². The first-order valence-corrected chi connectivity index (χ1v) is 5.99. The van der Waals surface area contributed by atoms with Crippen LogP contribution in [0.15, 0.2) is 22.7 Å². The van der Waals surface area contributed by atoms with Crippen LogP contribution in [0.4, 0.5) is 10.1 Å². The normalized spacial score (nSPS) is 9.94. The van der Waals surface area contributed by atoms with Crippen molar-refractivity contribution in [3.05, 3.63) is 28.5 Å². The van der Waals surface area contributed by atoms with Gasteiger partial charge < -0.3 is 15.7 Å². The summed E-state index contributed by atoms with van der Waals surface area (Å²) < 4.78 is 13.9. The van der Waals surface area contributed by atoms with Crippen molar-refractivity contribution >= 4 is 33.4 Å². The van der Waals surface area contributed by atoms with Gasteiger partial charge in [-0.25, -0.2) is 4.39 Å². The molecule has 0 aliphatic carbocycles. The van der Waals surface area contributed by atoms with Gasteiger partial charge in [0.1, 0.15) is 5.82 Å². The summed E-state index contributed by atoms with van der Waals surface area (Å²) in [5.74, 6) is -2.46. The lowest BCUT2D eigenvalue weighted by molar-refractivity contribution is -0.136. The molecule has 0 bridgehead atoms. The van der Waals surface area contributed by atoms with E-state index in [1.807, 2.05) is 0 Å². The van der Waals surface area contributed by atoms with E-state index in [0.717, 1.165) is 0 Å². The summed E-state index contributed by atoms with van der Waals surface area (Å²) in [5.41, 5.74) is -0.0771. The Morgan fingerprint density at radius 2 is 2.06 bits per heavy atom. The number of hydrogen-bond donors (Lipinski definition) is 3. The molecule has 0 radical (unpaired) electrons. The Labute approximate surface area is 112 Å². The first-order chi connectivity index (χ1) is 8.54. The van der Waals surface area contributed by atoms with Crippen LogP contribution < -0.4 is 10.6 Å². The molecule has 0 unspecified atom stereocenters. The molecule has 0 aliphatic rings. The zero-order valence-electron chi connectivity index (χ0n) is 9.37. The van der Waals surface area contributed by atoms with Crippen molar-refractivity contribution in [1.29, 1.82) is 0 Å². The average Bonchev–Trinajstić information content (AvgIpc) is 2.34. The number of aliphatic hydroxyl groups is 1. The lowest BCUT2D eigenvalue weighted by Crippen LogP contribution is -2.36. The van der Waals surface area contributed by atoms with Crippen molar-refractivity contribution < 1.29 is 19.1 Å². The fourth-order valence-electron chi connectivity index (χ4n) is 1.13. The lowest BCUT2D eigenvalue weighted by atomic mass is 10.3. The highest BCUT2D eigenvalue weighted by Gasteiger charge is 2.15. The van der Waals surface area contributed by atoms with Crippen molar-refractivity contribution in [2.45, 2.75) is 6.42 Å². The van der Waals surface area contributed by atoms with Crippen molar-refractivity contribution in [3.63, 3.8) is 0 Å². The van der Waals surface area contributed by atoms with Crippen LogP contribution in [0.2, 0.25) is 0 Å². The molecule has 5 nitrogen and oxygen atoms in total. The third-order valence-corrected chi connectivity index (χ3v) is 2.50. The van der Waals surface area contributed by atoms with Gasteiger partial charge in [-0.3, -0.25) is 9.59 Å². The van der Waals surface area contributed by atoms with E-state index in [4.69, 9.17) is 5.11 Å². The predicted molar refractivity (Wildman–Crippen MR) is 67.4 cm³/mol. The molecule has 1 rings (SSSR count). The quantitative estimate of drug-likeness (QED) is 0.573. The number of rotatable bonds is 4. The van der Waals surface area contributed by atoms with Crippen molar-refractivity contribution in [2.75, 3.05) is 18.5 Å². The van der Waals surface area contributed by atoms with Crippen LogP contribution in [0.5, 0.6) is 0 Å². The third-order valence-electron chi connectivity index (χ3n) is 2.00. The molecule has 0 aliphatic heterocycles. The molecule has 0 heterocycles. The largest absolute Gasteiger partial charge is 0.396 e. The van der Waals surface area contributed by atoms with E-state index in [1.54, 1.807) is 0 Å². The SMILES string of the molecule is O=C(NCCCO)C(=O)Nc1cc(Br)ccc1F. The second-order valence-electron chi connectivity index (χ2n) is 3.41. The molecule has 1 aromatic carbocycles. The number of carbonyl (C=O) groups excluding carboxylic acids is 2. The topological polar surface area (TPSA) is 78.4 Å². The van der Waals surface area contributed by atoms with Crippen LogP contribution in [0.1, 0.15) is 6.42 Å². The van der Waals surface area contributed by atoms with Crippen LogP contribution >= 0.6 is 15.9 Å². The van der Waals surface area contributed by atoms with Crippen LogP contribution in [0, 0.1) is 5.82 Å². The zero-order chi connectivity index (χ0) is 13.5. The van der Waals surface area contributed by atoms with Crippen LogP contribution in [0.25, 0.3) is 0 Å². The highest BCUT2D eigenvalue weighted by Crippen LogP contribution is 2.19. The number of nitrogens with one attached hydrogen (secondary N) is 2. The van der Waals surface area contributed by atoms with E-state index in [-0.39, 0.29) is 18.8 Å². The maximum absolute atomic E-state index is 13.3. The second-order valence-corrected chi connectivity index (χ2v) is 4.33. The Balaban J connectivity index is 2.58. The van der Waals surface area contributed by atoms with Crippen molar-refractivity contribution in [3.8, 4) is 0 Å². The molecule has 98 valence electrons. The molecule has 0 spiro atoms. The number of aliphatic hydroxyl groups excluding tert-OH is 1. The Morgan fingerprint density at radius 1 is 1.33 bits per heavy atom. The minimum atomic E-state index is -0.954. The first kappa shape index (κ1) is 14.6. The maximum Gasteiger partial charge on any atom is 0.313 e. The fraction of sp³-hybridized carbons (Fsp3) is 0.273. The molecular formula is C11H12BrFN2O3. The molecule has 7 heteroatoms. The Kier molecular flexibility index (Phi) is 5.73. The molecular weight excluding hydrogens is 307 g/mol. The highest BCUT2D eigenvalue weighted by molar-refractivity contribution is 9.10. The summed E-state index contributed by atoms with van der Waals surface area (Å²) in [7, 11) is 0. The Morgan fingerprint density at radius 3 is 2.72 bits per heavy atom. The van der Waals surface area contributed by atoms with Gasteiger partial charge in [-0.2, -0.15) is 0 Å². The van der Waals surface area contributed by atoms with Crippen molar-refractivity contribution in [1.82, 2.24) is 5.32 Å².